The number of benzene rings is 2. The number of carbonyl (C=O) groups excluding carboxylic acids is 1. The number of hydrogen-bond donors (Lipinski definition) is 1. The van der Waals surface area contributed by atoms with Gasteiger partial charge in [-0.3, -0.25) is 4.79 Å². The minimum Gasteiger partial charge on any atom is -0.398 e. The molecule has 0 unspecified atom stereocenters. The van der Waals surface area contributed by atoms with Gasteiger partial charge in [0.05, 0.1) is 0 Å². The number of ketones is 1. The summed E-state index contributed by atoms with van der Waals surface area (Å²) in [6.45, 7) is 2.13. The second-order valence-electron chi connectivity index (χ2n) is 4.37. The fraction of sp³-hybridized carbons (Fsp3) is 0.188. The Morgan fingerprint density at radius 2 is 1.89 bits per heavy atom. The third-order valence-corrected chi connectivity index (χ3v) is 2.93. The topological polar surface area (TPSA) is 43.1 Å². The van der Waals surface area contributed by atoms with Gasteiger partial charge in [0, 0.05) is 16.8 Å². The van der Waals surface area contributed by atoms with Crippen LogP contribution in [0.3, 0.4) is 0 Å². The van der Waals surface area contributed by atoms with Crippen molar-refractivity contribution in [3.63, 3.8) is 0 Å². The number of anilines is 1. The standard InChI is InChI=1S/C16H17NO/c1-2-6-12-7-5-8-13(11-12)16(18)14-9-3-4-10-15(14)17/h3-5,7-11H,2,6,17H2,1H3. The lowest BCUT2D eigenvalue weighted by atomic mass is 9.99. The molecule has 2 nitrogen and oxygen atoms in total. The first-order valence-electron chi connectivity index (χ1n) is 6.20. The molecule has 2 aromatic rings. The second-order valence-corrected chi connectivity index (χ2v) is 4.37. The third kappa shape index (κ3) is 2.59. The van der Waals surface area contributed by atoms with E-state index < -0.39 is 0 Å². The molecule has 0 aliphatic heterocycles. The molecule has 0 fully saturated rings. The van der Waals surface area contributed by atoms with Crippen molar-refractivity contribution in [1.29, 1.82) is 0 Å². The predicted octanol–water partition coefficient (Wildman–Crippen LogP) is 3.45. The van der Waals surface area contributed by atoms with Crippen LogP contribution in [0.4, 0.5) is 5.69 Å². The second kappa shape index (κ2) is 5.50. The lowest BCUT2D eigenvalue weighted by Crippen LogP contribution is -2.05. The van der Waals surface area contributed by atoms with E-state index in [0.717, 1.165) is 12.8 Å². The number of hydrogen-bond acceptors (Lipinski definition) is 2. The molecule has 0 radical (unpaired) electrons. The van der Waals surface area contributed by atoms with Gasteiger partial charge in [-0.1, -0.05) is 43.7 Å². The number of nitrogens with two attached hydrogens (primary N) is 1. The van der Waals surface area contributed by atoms with Crippen LogP contribution in [-0.2, 0) is 6.42 Å². The van der Waals surface area contributed by atoms with Gasteiger partial charge in [0.15, 0.2) is 5.78 Å². The maximum atomic E-state index is 12.3. The normalized spacial score (nSPS) is 10.3. The Morgan fingerprint density at radius 1 is 1.11 bits per heavy atom. The number of nitrogen functional groups attached to an aromatic ring is 1. The fourth-order valence-corrected chi connectivity index (χ4v) is 2.02. The molecule has 0 saturated heterocycles. The first-order valence-corrected chi connectivity index (χ1v) is 6.20. The summed E-state index contributed by atoms with van der Waals surface area (Å²) in [4.78, 5) is 12.3. The van der Waals surface area contributed by atoms with E-state index in [2.05, 4.69) is 13.0 Å². The van der Waals surface area contributed by atoms with E-state index in [1.54, 1.807) is 12.1 Å². The summed E-state index contributed by atoms with van der Waals surface area (Å²) in [7, 11) is 0. The van der Waals surface area contributed by atoms with Crippen LogP contribution in [0.25, 0.3) is 0 Å². The molecule has 0 atom stereocenters. The summed E-state index contributed by atoms with van der Waals surface area (Å²) in [5.74, 6) is -0.00828. The minimum absolute atomic E-state index is 0.00828. The Balaban J connectivity index is 2.34. The highest BCUT2D eigenvalue weighted by molar-refractivity contribution is 6.12. The lowest BCUT2D eigenvalue weighted by molar-refractivity contribution is 0.103. The van der Waals surface area contributed by atoms with Crippen LogP contribution in [0.1, 0.15) is 34.8 Å². The summed E-state index contributed by atoms with van der Waals surface area (Å²) >= 11 is 0. The van der Waals surface area contributed by atoms with Gasteiger partial charge >= 0.3 is 0 Å². The highest BCUT2D eigenvalue weighted by Crippen LogP contribution is 2.17. The highest BCUT2D eigenvalue weighted by atomic mass is 16.1. The van der Waals surface area contributed by atoms with Gasteiger partial charge in [0.1, 0.15) is 0 Å². The Morgan fingerprint density at radius 3 is 2.61 bits per heavy atom. The van der Waals surface area contributed by atoms with Gasteiger partial charge in [-0.25, -0.2) is 0 Å². The molecule has 0 aliphatic carbocycles. The molecule has 18 heavy (non-hydrogen) atoms. The quantitative estimate of drug-likeness (QED) is 0.656. The molecule has 2 heteroatoms. The van der Waals surface area contributed by atoms with Gasteiger partial charge < -0.3 is 5.73 Å². The van der Waals surface area contributed by atoms with Crippen LogP contribution in [0, 0.1) is 0 Å². The fourth-order valence-electron chi connectivity index (χ4n) is 2.02. The predicted molar refractivity (Wildman–Crippen MR) is 74.7 cm³/mol. The number of carbonyl (C=O) groups is 1. The van der Waals surface area contributed by atoms with Crippen molar-refractivity contribution < 1.29 is 4.79 Å². The van der Waals surface area contributed by atoms with Crippen molar-refractivity contribution >= 4 is 11.5 Å². The lowest BCUT2D eigenvalue weighted by Gasteiger charge is -2.06. The van der Waals surface area contributed by atoms with Crippen molar-refractivity contribution in [3.8, 4) is 0 Å². The summed E-state index contributed by atoms with van der Waals surface area (Å²) in [5, 5.41) is 0. The summed E-state index contributed by atoms with van der Waals surface area (Å²) < 4.78 is 0. The molecule has 0 amide bonds. The average molecular weight is 239 g/mol. The molecular weight excluding hydrogens is 222 g/mol. The molecule has 92 valence electrons. The Bertz CT molecular complexity index is 561. The highest BCUT2D eigenvalue weighted by Gasteiger charge is 2.11. The van der Waals surface area contributed by atoms with Crippen molar-refractivity contribution in [3.05, 3.63) is 65.2 Å². The van der Waals surface area contributed by atoms with Crippen LogP contribution in [-0.4, -0.2) is 5.78 Å². The summed E-state index contributed by atoms with van der Waals surface area (Å²) in [6.07, 6.45) is 2.07. The van der Waals surface area contributed by atoms with Gasteiger partial charge in [0.25, 0.3) is 0 Å². The zero-order valence-electron chi connectivity index (χ0n) is 10.5. The molecule has 2 rings (SSSR count). The van der Waals surface area contributed by atoms with Crippen molar-refractivity contribution in [1.82, 2.24) is 0 Å². The number of aryl methyl sites for hydroxylation is 1. The average Bonchev–Trinajstić information content (AvgIpc) is 2.39. The molecule has 2 N–H and O–H groups in total. The summed E-state index contributed by atoms with van der Waals surface area (Å²) in [6, 6.07) is 15.0. The Labute approximate surface area is 107 Å². The molecule has 0 heterocycles. The van der Waals surface area contributed by atoms with Gasteiger partial charge in [-0.2, -0.15) is 0 Å². The zero-order valence-corrected chi connectivity index (χ0v) is 10.5. The monoisotopic (exact) mass is 239 g/mol. The van der Waals surface area contributed by atoms with Gasteiger partial charge in [-0.05, 0) is 30.2 Å². The van der Waals surface area contributed by atoms with Crippen LogP contribution in [0.2, 0.25) is 0 Å². The number of para-hydroxylation sites is 1. The van der Waals surface area contributed by atoms with E-state index in [-0.39, 0.29) is 5.78 Å². The smallest absolute Gasteiger partial charge is 0.195 e. The molecular formula is C16H17NO. The van der Waals surface area contributed by atoms with Crippen molar-refractivity contribution in [2.45, 2.75) is 19.8 Å². The molecule has 0 saturated carbocycles. The Kier molecular flexibility index (Phi) is 3.78. The third-order valence-electron chi connectivity index (χ3n) is 2.93. The van der Waals surface area contributed by atoms with Gasteiger partial charge in [0.2, 0.25) is 0 Å². The molecule has 0 bridgehead atoms. The van der Waals surface area contributed by atoms with Crippen molar-refractivity contribution in [2.24, 2.45) is 0 Å². The van der Waals surface area contributed by atoms with Crippen LogP contribution in [0.15, 0.2) is 48.5 Å². The van der Waals surface area contributed by atoms with Crippen LogP contribution in [0.5, 0.6) is 0 Å². The minimum atomic E-state index is -0.00828. The van der Waals surface area contributed by atoms with Crippen LogP contribution >= 0.6 is 0 Å². The first-order chi connectivity index (χ1) is 8.72. The van der Waals surface area contributed by atoms with E-state index in [1.165, 1.54) is 5.56 Å². The molecule has 0 spiro atoms. The number of rotatable bonds is 4. The maximum absolute atomic E-state index is 12.3. The molecule has 0 aromatic heterocycles. The summed E-state index contributed by atoms with van der Waals surface area (Å²) in [5.41, 5.74) is 8.84. The van der Waals surface area contributed by atoms with Crippen molar-refractivity contribution in [2.75, 3.05) is 5.73 Å². The van der Waals surface area contributed by atoms with E-state index in [9.17, 15) is 4.79 Å². The zero-order chi connectivity index (χ0) is 13.0. The van der Waals surface area contributed by atoms with E-state index in [1.807, 2.05) is 30.3 Å². The van der Waals surface area contributed by atoms with Crippen LogP contribution < -0.4 is 5.73 Å². The molecule has 2 aromatic carbocycles. The SMILES string of the molecule is CCCc1cccc(C(=O)c2ccccc2N)c1. The van der Waals surface area contributed by atoms with E-state index in [0.29, 0.717) is 16.8 Å². The van der Waals surface area contributed by atoms with E-state index >= 15 is 0 Å². The Hall–Kier alpha value is -2.09. The van der Waals surface area contributed by atoms with Gasteiger partial charge in [-0.15, -0.1) is 0 Å². The maximum Gasteiger partial charge on any atom is 0.195 e. The van der Waals surface area contributed by atoms with E-state index in [4.69, 9.17) is 5.73 Å². The largest absolute Gasteiger partial charge is 0.398 e. The first kappa shape index (κ1) is 12.4. The molecule has 0 aliphatic rings.